The minimum atomic E-state index is -0.292. The predicted molar refractivity (Wildman–Crippen MR) is 85.3 cm³/mol. The summed E-state index contributed by atoms with van der Waals surface area (Å²) in [5, 5.41) is 11.6. The van der Waals surface area contributed by atoms with E-state index in [1.165, 1.54) is 4.90 Å². The highest BCUT2D eigenvalue weighted by atomic mass is 16.3. The molecule has 0 saturated heterocycles. The van der Waals surface area contributed by atoms with E-state index in [1.54, 1.807) is 39.2 Å². The van der Waals surface area contributed by atoms with Gasteiger partial charge in [0.2, 0.25) is 5.91 Å². The van der Waals surface area contributed by atoms with Crippen molar-refractivity contribution in [2.24, 2.45) is 0 Å². The first kappa shape index (κ1) is 17.7. The van der Waals surface area contributed by atoms with E-state index in [-0.39, 0.29) is 24.5 Å². The van der Waals surface area contributed by atoms with Crippen LogP contribution in [-0.4, -0.2) is 48.6 Å². The Labute approximate surface area is 131 Å². The maximum absolute atomic E-state index is 11.9. The van der Waals surface area contributed by atoms with E-state index >= 15 is 0 Å². The maximum atomic E-state index is 11.9. The van der Waals surface area contributed by atoms with Gasteiger partial charge >= 0.3 is 0 Å². The van der Waals surface area contributed by atoms with Gasteiger partial charge in [-0.3, -0.25) is 9.59 Å². The number of hydrogen-bond acceptors (Lipinski definition) is 3. The van der Waals surface area contributed by atoms with Crippen LogP contribution in [0.15, 0.2) is 24.3 Å². The first-order valence-electron chi connectivity index (χ1n) is 7.15. The van der Waals surface area contributed by atoms with Crippen LogP contribution in [0.4, 0.5) is 0 Å². The number of carbonyl (C=O) groups excluding carboxylic acids is 2. The van der Waals surface area contributed by atoms with Gasteiger partial charge in [-0.15, -0.1) is 0 Å². The second kappa shape index (κ2) is 8.85. The number of nitrogens with zero attached hydrogens (tertiary/aromatic N) is 1. The van der Waals surface area contributed by atoms with E-state index in [1.807, 2.05) is 6.07 Å². The summed E-state index contributed by atoms with van der Waals surface area (Å²) < 4.78 is 0. The zero-order valence-corrected chi connectivity index (χ0v) is 13.2. The molecule has 0 fully saturated rings. The number of rotatable bonds is 5. The monoisotopic (exact) mass is 302 g/mol. The number of amides is 2. The fraction of sp³-hybridized carbons (Fsp3) is 0.412. The Morgan fingerprint density at radius 2 is 2.09 bits per heavy atom. The van der Waals surface area contributed by atoms with Crippen LogP contribution in [0.3, 0.4) is 0 Å². The van der Waals surface area contributed by atoms with Gasteiger partial charge in [0.25, 0.3) is 5.91 Å². The smallest absolute Gasteiger partial charge is 0.251 e. The molecule has 22 heavy (non-hydrogen) atoms. The van der Waals surface area contributed by atoms with Crippen molar-refractivity contribution in [1.82, 2.24) is 10.2 Å². The van der Waals surface area contributed by atoms with Gasteiger partial charge in [0.1, 0.15) is 0 Å². The lowest BCUT2D eigenvalue weighted by Gasteiger charge is -2.10. The molecule has 0 aliphatic carbocycles. The standard InChI is InChI=1S/C17H22N2O3/c1-13(12-20)18-17(22)15-9-6-8-14(11-15)7-4-5-10-16(21)19(2)3/h6,8-9,11,13,20H,5,10,12H2,1-3H3,(H,18,22). The van der Waals surface area contributed by atoms with Crippen LogP contribution in [0, 0.1) is 11.8 Å². The van der Waals surface area contributed by atoms with Crippen molar-refractivity contribution in [3.8, 4) is 11.8 Å². The fourth-order valence-electron chi connectivity index (χ4n) is 1.65. The number of aliphatic hydroxyl groups excluding tert-OH is 1. The summed E-state index contributed by atoms with van der Waals surface area (Å²) >= 11 is 0. The zero-order valence-electron chi connectivity index (χ0n) is 13.2. The van der Waals surface area contributed by atoms with E-state index in [0.29, 0.717) is 18.4 Å². The minimum Gasteiger partial charge on any atom is -0.394 e. The lowest BCUT2D eigenvalue weighted by atomic mass is 10.1. The topological polar surface area (TPSA) is 69.6 Å². The van der Waals surface area contributed by atoms with Crippen molar-refractivity contribution in [3.05, 3.63) is 35.4 Å². The summed E-state index contributed by atoms with van der Waals surface area (Å²) in [6.07, 6.45) is 0.864. The van der Waals surface area contributed by atoms with Crippen molar-refractivity contribution < 1.29 is 14.7 Å². The third-order valence-electron chi connectivity index (χ3n) is 2.97. The number of hydrogen-bond donors (Lipinski definition) is 2. The normalized spacial score (nSPS) is 11.1. The van der Waals surface area contributed by atoms with Gasteiger partial charge in [0.15, 0.2) is 0 Å². The van der Waals surface area contributed by atoms with Crippen molar-refractivity contribution in [1.29, 1.82) is 0 Å². The van der Waals surface area contributed by atoms with Crippen LogP contribution in [0.2, 0.25) is 0 Å². The molecule has 2 amide bonds. The highest BCUT2D eigenvalue weighted by Crippen LogP contribution is 2.05. The molecule has 0 bridgehead atoms. The molecule has 0 aliphatic heterocycles. The second-order valence-electron chi connectivity index (χ2n) is 5.23. The summed E-state index contributed by atoms with van der Waals surface area (Å²) in [7, 11) is 3.43. The molecule has 2 N–H and O–H groups in total. The lowest BCUT2D eigenvalue weighted by molar-refractivity contribution is -0.128. The molecule has 1 unspecified atom stereocenters. The molecule has 1 atom stereocenters. The Morgan fingerprint density at radius 1 is 1.36 bits per heavy atom. The number of carbonyl (C=O) groups is 2. The Morgan fingerprint density at radius 3 is 2.73 bits per heavy atom. The van der Waals surface area contributed by atoms with E-state index < -0.39 is 0 Å². The Hall–Kier alpha value is -2.32. The number of benzene rings is 1. The van der Waals surface area contributed by atoms with Crippen LogP contribution in [0.5, 0.6) is 0 Å². The third-order valence-corrected chi connectivity index (χ3v) is 2.97. The lowest BCUT2D eigenvalue weighted by Crippen LogP contribution is -2.34. The number of nitrogens with one attached hydrogen (secondary N) is 1. The van der Waals surface area contributed by atoms with Gasteiger partial charge < -0.3 is 15.3 Å². The van der Waals surface area contributed by atoms with Crippen molar-refractivity contribution >= 4 is 11.8 Å². The van der Waals surface area contributed by atoms with Crippen LogP contribution >= 0.6 is 0 Å². The molecule has 1 aromatic carbocycles. The van der Waals surface area contributed by atoms with E-state index in [2.05, 4.69) is 17.2 Å². The fourth-order valence-corrected chi connectivity index (χ4v) is 1.65. The van der Waals surface area contributed by atoms with Crippen molar-refractivity contribution in [2.45, 2.75) is 25.8 Å². The Bertz CT molecular complexity index is 585. The third kappa shape index (κ3) is 5.98. The molecule has 1 aromatic rings. The summed E-state index contributed by atoms with van der Waals surface area (Å²) in [5.74, 6) is 5.69. The Balaban J connectivity index is 2.65. The molecule has 0 spiro atoms. The van der Waals surface area contributed by atoms with Crippen molar-refractivity contribution in [2.75, 3.05) is 20.7 Å². The largest absolute Gasteiger partial charge is 0.394 e. The molecule has 1 rings (SSSR count). The average molecular weight is 302 g/mol. The molecule has 118 valence electrons. The van der Waals surface area contributed by atoms with E-state index in [9.17, 15) is 9.59 Å². The van der Waals surface area contributed by atoms with Gasteiger partial charge in [-0.1, -0.05) is 17.9 Å². The van der Waals surface area contributed by atoms with Gasteiger partial charge in [-0.05, 0) is 25.1 Å². The van der Waals surface area contributed by atoms with Gasteiger partial charge in [0, 0.05) is 44.1 Å². The zero-order chi connectivity index (χ0) is 16.5. The second-order valence-corrected chi connectivity index (χ2v) is 5.23. The SMILES string of the molecule is CC(CO)NC(=O)c1cccc(C#CCCC(=O)N(C)C)c1. The van der Waals surface area contributed by atoms with Crippen LogP contribution in [-0.2, 0) is 4.79 Å². The highest BCUT2D eigenvalue weighted by Gasteiger charge is 2.08. The van der Waals surface area contributed by atoms with Crippen LogP contribution in [0.25, 0.3) is 0 Å². The van der Waals surface area contributed by atoms with Gasteiger partial charge in [-0.25, -0.2) is 0 Å². The van der Waals surface area contributed by atoms with Gasteiger partial charge in [0.05, 0.1) is 6.61 Å². The molecular formula is C17H22N2O3. The summed E-state index contributed by atoms with van der Waals surface area (Å²) in [5.41, 5.74) is 1.22. The highest BCUT2D eigenvalue weighted by molar-refractivity contribution is 5.94. The molecule has 0 heterocycles. The van der Waals surface area contributed by atoms with Crippen LogP contribution in [0.1, 0.15) is 35.7 Å². The van der Waals surface area contributed by atoms with E-state index in [4.69, 9.17) is 5.11 Å². The molecule has 0 aromatic heterocycles. The summed E-state index contributed by atoms with van der Waals surface area (Å²) in [6.45, 7) is 1.62. The van der Waals surface area contributed by atoms with Crippen LogP contribution < -0.4 is 5.32 Å². The Kier molecular flexibility index (Phi) is 7.14. The van der Waals surface area contributed by atoms with E-state index in [0.717, 1.165) is 5.56 Å². The first-order valence-corrected chi connectivity index (χ1v) is 7.15. The minimum absolute atomic E-state index is 0.0421. The summed E-state index contributed by atoms with van der Waals surface area (Å²) in [6, 6.07) is 6.67. The summed E-state index contributed by atoms with van der Waals surface area (Å²) in [4.78, 5) is 24.9. The quantitative estimate of drug-likeness (QED) is 0.798. The average Bonchev–Trinajstić information content (AvgIpc) is 2.51. The van der Waals surface area contributed by atoms with Crippen molar-refractivity contribution in [3.63, 3.8) is 0 Å². The molecule has 0 radical (unpaired) electrons. The molecular weight excluding hydrogens is 280 g/mol. The van der Waals surface area contributed by atoms with Gasteiger partial charge in [-0.2, -0.15) is 0 Å². The molecule has 0 saturated carbocycles. The predicted octanol–water partition coefficient (Wildman–Crippen LogP) is 1.02. The molecule has 5 heteroatoms. The molecule has 0 aliphatic rings. The molecule has 5 nitrogen and oxygen atoms in total. The first-order chi connectivity index (χ1) is 10.4. The number of aliphatic hydroxyl groups is 1. The maximum Gasteiger partial charge on any atom is 0.251 e.